The largest absolute Gasteiger partial charge is 0.396 e. The fourth-order valence-electron chi connectivity index (χ4n) is 3.94. The van der Waals surface area contributed by atoms with Crippen molar-refractivity contribution in [1.29, 1.82) is 0 Å². The van der Waals surface area contributed by atoms with Gasteiger partial charge in [0.1, 0.15) is 11.1 Å². The van der Waals surface area contributed by atoms with E-state index in [4.69, 9.17) is 4.74 Å². The van der Waals surface area contributed by atoms with Crippen LogP contribution in [0.4, 0.5) is 0 Å². The Kier molecular flexibility index (Phi) is 6.95. The molecule has 1 aliphatic rings. The molecule has 2 aromatic carbocycles. The first kappa shape index (κ1) is 22.5. The van der Waals surface area contributed by atoms with Crippen LogP contribution < -0.4 is 4.72 Å². The van der Waals surface area contributed by atoms with Crippen molar-refractivity contribution in [2.75, 3.05) is 13.2 Å². The lowest BCUT2D eigenvalue weighted by Gasteiger charge is -2.37. The summed E-state index contributed by atoms with van der Waals surface area (Å²) in [5.41, 5.74) is 1.63. The number of benzene rings is 2. The van der Waals surface area contributed by atoms with Gasteiger partial charge in [0.05, 0.1) is 18.2 Å². The number of amidine groups is 1. The molecule has 0 aromatic heterocycles. The van der Waals surface area contributed by atoms with Crippen LogP contribution in [0.2, 0.25) is 0 Å². The Labute approximate surface area is 179 Å². The molecule has 0 aliphatic carbocycles. The van der Waals surface area contributed by atoms with E-state index in [-0.39, 0.29) is 12.6 Å². The Bertz CT molecular complexity index is 987. The standard InChI is InChI=1S/C23H30N2O4S/c1-17-9-7-8-12-19(17)22-23(2,3)29-16-14-21(25-30(22,27)28)24-20(13-15-26)18-10-5-4-6-11-18/h4-12,20,22,26H,13-16H2,1-3H3,(H,24,25). The molecular weight excluding hydrogens is 400 g/mol. The van der Waals surface area contributed by atoms with Crippen LogP contribution >= 0.6 is 0 Å². The Hall–Kier alpha value is -2.22. The number of rotatable bonds is 5. The zero-order chi connectivity index (χ0) is 21.8. The van der Waals surface area contributed by atoms with E-state index in [1.54, 1.807) is 0 Å². The molecule has 0 radical (unpaired) electrons. The van der Waals surface area contributed by atoms with E-state index in [1.165, 1.54) is 0 Å². The molecule has 1 saturated heterocycles. The number of aliphatic hydroxyl groups excluding tert-OH is 1. The zero-order valence-electron chi connectivity index (χ0n) is 17.7. The van der Waals surface area contributed by atoms with Gasteiger partial charge in [-0.1, -0.05) is 54.6 Å². The van der Waals surface area contributed by atoms with Crippen LogP contribution in [0.25, 0.3) is 0 Å². The lowest BCUT2D eigenvalue weighted by Crippen LogP contribution is -2.48. The molecule has 3 rings (SSSR count). The van der Waals surface area contributed by atoms with Gasteiger partial charge in [0.15, 0.2) is 0 Å². The number of nitrogens with one attached hydrogen (secondary N) is 1. The number of hydrogen-bond acceptors (Lipinski definition) is 5. The van der Waals surface area contributed by atoms with Gasteiger partial charge in [-0.2, -0.15) is 0 Å². The zero-order valence-corrected chi connectivity index (χ0v) is 18.5. The third-order valence-electron chi connectivity index (χ3n) is 5.38. The third kappa shape index (κ3) is 5.09. The van der Waals surface area contributed by atoms with Crippen LogP contribution in [0.1, 0.15) is 54.7 Å². The minimum Gasteiger partial charge on any atom is -0.396 e. The summed E-state index contributed by atoms with van der Waals surface area (Å²) in [6.07, 6.45) is 0.751. The molecule has 2 unspecified atom stereocenters. The minimum atomic E-state index is -3.83. The molecule has 0 spiro atoms. The van der Waals surface area contributed by atoms with E-state index in [0.717, 1.165) is 11.1 Å². The van der Waals surface area contributed by atoms with E-state index in [0.29, 0.717) is 30.8 Å². The molecule has 1 fully saturated rings. The maximum Gasteiger partial charge on any atom is 0.243 e. The Morgan fingerprint density at radius 2 is 1.83 bits per heavy atom. The molecule has 2 aromatic rings. The first-order valence-corrected chi connectivity index (χ1v) is 11.7. The number of sulfonamides is 1. The van der Waals surface area contributed by atoms with Gasteiger partial charge in [0.25, 0.3) is 0 Å². The van der Waals surface area contributed by atoms with Crippen LogP contribution in [0.5, 0.6) is 0 Å². The van der Waals surface area contributed by atoms with Crippen molar-refractivity contribution >= 4 is 15.9 Å². The lowest BCUT2D eigenvalue weighted by atomic mass is 9.94. The maximum atomic E-state index is 13.5. The van der Waals surface area contributed by atoms with Gasteiger partial charge in [0, 0.05) is 13.0 Å². The van der Waals surface area contributed by atoms with Crippen LogP contribution in [0, 0.1) is 6.92 Å². The molecule has 0 saturated carbocycles. The summed E-state index contributed by atoms with van der Waals surface area (Å²) in [5, 5.41) is 8.60. The lowest BCUT2D eigenvalue weighted by molar-refractivity contribution is -0.0187. The predicted molar refractivity (Wildman–Crippen MR) is 119 cm³/mol. The second-order valence-corrected chi connectivity index (χ2v) is 9.87. The normalized spacial score (nSPS) is 23.2. The van der Waals surface area contributed by atoms with E-state index in [9.17, 15) is 13.5 Å². The van der Waals surface area contributed by atoms with Crippen LogP contribution in [0.15, 0.2) is 59.6 Å². The number of ether oxygens (including phenoxy) is 1. The molecule has 162 valence electrons. The first-order valence-electron chi connectivity index (χ1n) is 10.2. The highest BCUT2D eigenvalue weighted by molar-refractivity contribution is 7.90. The summed E-state index contributed by atoms with van der Waals surface area (Å²) in [6.45, 7) is 5.82. The number of aliphatic imine (C=N–C) groups is 1. The molecule has 1 heterocycles. The summed E-state index contributed by atoms with van der Waals surface area (Å²) < 4.78 is 35.8. The van der Waals surface area contributed by atoms with Crippen LogP contribution in [-0.4, -0.2) is 38.2 Å². The van der Waals surface area contributed by atoms with Crippen molar-refractivity contribution in [1.82, 2.24) is 4.72 Å². The molecule has 2 atom stereocenters. The van der Waals surface area contributed by atoms with Crippen LogP contribution in [-0.2, 0) is 14.8 Å². The predicted octanol–water partition coefficient (Wildman–Crippen LogP) is 3.68. The van der Waals surface area contributed by atoms with E-state index >= 15 is 0 Å². The van der Waals surface area contributed by atoms with Crippen molar-refractivity contribution < 1.29 is 18.3 Å². The number of aliphatic hydroxyl groups is 1. The average Bonchev–Trinajstić information content (AvgIpc) is 2.68. The smallest absolute Gasteiger partial charge is 0.243 e. The van der Waals surface area contributed by atoms with Crippen molar-refractivity contribution in [2.45, 2.75) is 50.5 Å². The fraction of sp³-hybridized carbons (Fsp3) is 0.435. The van der Waals surface area contributed by atoms with Gasteiger partial charge in [0.2, 0.25) is 10.0 Å². The first-order chi connectivity index (χ1) is 14.2. The highest BCUT2D eigenvalue weighted by Crippen LogP contribution is 2.38. The Balaban J connectivity index is 2.00. The van der Waals surface area contributed by atoms with Crippen molar-refractivity contribution in [3.63, 3.8) is 0 Å². The highest BCUT2D eigenvalue weighted by atomic mass is 32.2. The summed E-state index contributed by atoms with van der Waals surface area (Å²) in [7, 11) is -3.83. The third-order valence-corrected chi connectivity index (χ3v) is 7.35. The molecule has 0 bridgehead atoms. The van der Waals surface area contributed by atoms with E-state index in [1.807, 2.05) is 75.4 Å². The molecule has 2 N–H and O–H groups in total. The molecular formula is C23H30N2O4S. The second-order valence-electron chi connectivity index (χ2n) is 8.10. The van der Waals surface area contributed by atoms with Gasteiger partial charge in [-0.25, -0.2) is 8.42 Å². The summed E-state index contributed by atoms with van der Waals surface area (Å²) in [6, 6.07) is 16.7. The van der Waals surface area contributed by atoms with Crippen molar-refractivity contribution in [3.8, 4) is 0 Å². The Morgan fingerprint density at radius 1 is 1.17 bits per heavy atom. The van der Waals surface area contributed by atoms with Gasteiger partial charge in [-0.15, -0.1) is 0 Å². The van der Waals surface area contributed by atoms with Crippen molar-refractivity contribution in [2.24, 2.45) is 4.99 Å². The average molecular weight is 431 g/mol. The van der Waals surface area contributed by atoms with Crippen LogP contribution in [0.3, 0.4) is 0 Å². The molecule has 1 aliphatic heterocycles. The molecule has 30 heavy (non-hydrogen) atoms. The molecule has 7 heteroatoms. The van der Waals surface area contributed by atoms with Crippen molar-refractivity contribution in [3.05, 3.63) is 71.3 Å². The summed E-state index contributed by atoms with van der Waals surface area (Å²) in [5.74, 6) is 0.353. The van der Waals surface area contributed by atoms with Gasteiger partial charge in [-0.05, 0) is 43.9 Å². The monoisotopic (exact) mass is 430 g/mol. The quantitative estimate of drug-likeness (QED) is 0.757. The summed E-state index contributed by atoms with van der Waals surface area (Å²) >= 11 is 0. The maximum absolute atomic E-state index is 13.5. The SMILES string of the molecule is Cc1ccccc1C1C(C)(C)OCCC(=NC(CCO)c2ccccc2)NS1(=O)=O. The molecule has 0 amide bonds. The Morgan fingerprint density at radius 3 is 2.50 bits per heavy atom. The fourth-order valence-corrected chi connectivity index (χ4v) is 5.95. The summed E-state index contributed by atoms with van der Waals surface area (Å²) in [4.78, 5) is 4.68. The van der Waals surface area contributed by atoms with Gasteiger partial charge < -0.3 is 9.84 Å². The molecule has 6 nitrogen and oxygen atoms in total. The second kappa shape index (κ2) is 9.29. The minimum absolute atomic E-state index is 0.0432. The highest BCUT2D eigenvalue weighted by Gasteiger charge is 2.44. The van der Waals surface area contributed by atoms with E-state index in [2.05, 4.69) is 9.71 Å². The topological polar surface area (TPSA) is 88.0 Å². The van der Waals surface area contributed by atoms with Gasteiger partial charge in [-0.3, -0.25) is 9.71 Å². The number of nitrogens with zero attached hydrogens (tertiary/aromatic N) is 1. The number of hydrogen-bond donors (Lipinski definition) is 2. The van der Waals surface area contributed by atoms with E-state index < -0.39 is 20.9 Å². The number of aryl methyl sites for hydroxylation is 1. The van der Waals surface area contributed by atoms with Gasteiger partial charge >= 0.3 is 0 Å².